The van der Waals surface area contributed by atoms with Crippen LogP contribution in [0.15, 0.2) is 77.7 Å². The van der Waals surface area contributed by atoms with Crippen LogP contribution in [0.1, 0.15) is 17.0 Å². The predicted molar refractivity (Wildman–Crippen MR) is 115 cm³/mol. The fourth-order valence-electron chi connectivity index (χ4n) is 3.26. The number of sulfonamides is 1. The highest BCUT2D eigenvalue weighted by atomic mass is 35.5. The van der Waals surface area contributed by atoms with Crippen LogP contribution in [0.25, 0.3) is 11.0 Å². The van der Waals surface area contributed by atoms with Crippen molar-refractivity contribution in [2.24, 2.45) is 0 Å². The van der Waals surface area contributed by atoms with Gasteiger partial charge in [-0.05, 0) is 54.4 Å². The van der Waals surface area contributed by atoms with Crippen LogP contribution in [0.5, 0.6) is 0 Å². The van der Waals surface area contributed by atoms with Gasteiger partial charge in [-0.25, -0.2) is 18.1 Å². The molecule has 148 valence electrons. The van der Waals surface area contributed by atoms with Gasteiger partial charge in [0.15, 0.2) is 0 Å². The molecule has 7 heteroatoms. The first kappa shape index (κ1) is 19.6. The lowest BCUT2D eigenvalue weighted by Crippen LogP contribution is -2.23. The van der Waals surface area contributed by atoms with E-state index >= 15 is 0 Å². The summed E-state index contributed by atoms with van der Waals surface area (Å²) in [4.78, 5) is 4.80. The van der Waals surface area contributed by atoms with Gasteiger partial charge in [-0.3, -0.25) is 0 Å². The lowest BCUT2D eigenvalue weighted by Gasteiger charge is -2.10. The van der Waals surface area contributed by atoms with Crippen LogP contribution >= 0.6 is 11.6 Å². The largest absolute Gasteiger partial charge is 0.324 e. The zero-order chi connectivity index (χ0) is 20.4. The molecular weight excluding hydrogens is 406 g/mol. The van der Waals surface area contributed by atoms with E-state index in [2.05, 4.69) is 14.3 Å². The molecule has 0 aliphatic rings. The second kappa shape index (κ2) is 7.99. The van der Waals surface area contributed by atoms with E-state index in [4.69, 9.17) is 11.6 Å². The van der Waals surface area contributed by atoms with E-state index in [9.17, 15) is 8.42 Å². The Labute approximate surface area is 175 Å². The van der Waals surface area contributed by atoms with Crippen LogP contribution in [-0.4, -0.2) is 18.0 Å². The van der Waals surface area contributed by atoms with Crippen molar-refractivity contribution in [1.29, 1.82) is 0 Å². The number of para-hydroxylation sites is 2. The molecule has 0 aliphatic heterocycles. The Balaban J connectivity index is 1.50. The van der Waals surface area contributed by atoms with Gasteiger partial charge in [-0.2, -0.15) is 0 Å². The van der Waals surface area contributed by atoms with Crippen molar-refractivity contribution in [2.45, 2.75) is 24.9 Å². The van der Waals surface area contributed by atoms with Crippen LogP contribution in [0, 0.1) is 6.92 Å². The lowest BCUT2D eigenvalue weighted by molar-refractivity contribution is 0.581. The Hall–Kier alpha value is -2.67. The Bertz CT molecular complexity index is 1260. The molecule has 0 amide bonds. The third-order valence-electron chi connectivity index (χ3n) is 4.78. The van der Waals surface area contributed by atoms with E-state index in [1.54, 1.807) is 30.3 Å². The third kappa shape index (κ3) is 4.34. The summed E-state index contributed by atoms with van der Waals surface area (Å²) >= 11 is 5.95. The maximum atomic E-state index is 12.6. The fourth-order valence-corrected chi connectivity index (χ4v) is 4.49. The molecule has 1 heterocycles. The average Bonchev–Trinajstić information content (AvgIpc) is 3.02. The number of nitrogens with one attached hydrogen (secondary N) is 1. The monoisotopic (exact) mass is 425 g/mol. The highest BCUT2D eigenvalue weighted by Gasteiger charge is 2.14. The van der Waals surface area contributed by atoms with Gasteiger partial charge in [-0.15, -0.1) is 0 Å². The van der Waals surface area contributed by atoms with Crippen LogP contribution in [0.3, 0.4) is 0 Å². The first-order valence-electron chi connectivity index (χ1n) is 9.17. The molecule has 1 N–H and O–H groups in total. The van der Waals surface area contributed by atoms with E-state index < -0.39 is 10.0 Å². The van der Waals surface area contributed by atoms with Crippen molar-refractivity contribution in [2.75, 3.05) is 0 Å². The normalized spacial score (nSPS) is 11.8. The van der Waals surface area contributed by atoms with E-state index in [0.29, 0.717) is 11.6 Å². The number of hydrogen-bond acceptors (Lipinski definition) is 3. The molecule has 4 rings (SSSR count). The predicted octanol–water partition coefficient (Wildman–Crippen LogP) is 4.52. The standard InChI is InChI=1S/C22H20ClN3O2S/c1-16-25-21-7-2-3-8-22(21)26(16)15-17-9-11-20(12-10-17)29(27,28)24-14-18-5-4-6-19(23)13-18/h2-13,24H,14-15H2,1H3. The molecule has 0 atom stereocenters. The quantitative estimate of drug-likeness (QED) is 0.493. The number of aromatic nitrogens is 2. The molecule has 0 radical (unpaired) electrons. The number of aryl methyl sites for hydroxylation is 1. The molecule has 4 aromatic rings. The molecule has 0 spiro atoms. The first-order valence-corrected chi connectivity index (χ1v) is 11.0. The molecule has 0 fully saturated rings. The van der Waals surface area contributed by atoms with Gasteiger partial charge in [-0.1, -0.05) is 48.0 Å². The molecule has 3 aromatic carbocycles. The number of rotatable bonds is 6. The Morgan fingerprint density at radius 2 is 1.72 bits per heavy atom. The minimum absolute atomic E-state index is 0.185. The Morgan fingerprint density at radius 1 is 0.966 bits per heavy atom. The van der Waals surface area contributed by atoms with E-state index in [0.717, 1.165) is 28.0 Å². The summed E-state index contributed by atoms with van der Waals surface area (Å²) in [7, 11) is -3.61. The molecule has 0 aliphatic carbocycles. The van der Waals surface area contributed by atoms with E-state index in [1.807, 2.05) is 49.4 Å². The maximum Gasteiger partial charge on any atom is 0.240 e. The summed E-state index contributed by atoms with van der Waals surface area (Å²) < 4.78 is 29.9. The molecule has 5 nitrogen and oxygen atoms in total. The summed E-state index contributed by atoms with van der Waals surface area (Å²) in [6.45, 7) is 2.78. The van der Waals surface area contributed by atoms with Crippen LogP contribution in [0.2, 0.25) is 5.02 Å². The molecular formula is C22H20ClN3O2S. The molecule has 0 saturated heterocycles. The van der Waals surface area contributed by atoms with Crippen molar-refractivity contribution >= 4 is 32.7 Å². The summed E-state index contributed by atoms with van der Waals surface area (Å²) in [5, 5.41) is 0.577. The molecule has 1 aromatic heterocycles. The number of halogens is 1. The van der Waals surface area contributed by atoms with Crippen molar-refractivity contribution in [3.8, 4) is 0 Å². The van der Waals surface area contributed by atoms with Gasteiger partial charge in [0, 0.05) is 18.1 Å². The van der Waals surface area contributed by atoms with E-state index in [-0.39, 0.29) is 11.4 Å². The minimum Gasteiger partial charge on any atom is -0.324 e. The second-order valence-corrected chi connectivity index (χ2v) is 9.04. The summed E-state index contributed by atoms with van der Waals surface area (Å²) in [6.07, 6.45) is 0. The highest BCUT2D eigenvalue weighted by Crippen LogP contribution is 2.19. The zero-order valence-corrected chi connectivity index (χ0v) is 17.4. The molecule has 29 heavy (non-hydrogen) atoms. The second-order valence-electron chi connectivity index (χ2n) is 6.83. The zero-order valence-electron chi connectivity index (χ0n) is 15.8. The van der Waals surface area contributed by atoms with Gasteiger partial charge in [0.1, 0.15) is 5.82 Å². The molecule has 0 bridgehead atoms. The van der Waals surface area contributed by atoms with Crippen LogP contribution in [-0.2, 0) is 23.1 Å². The number of hydrogen-bond donors (Lipinski definition) is 1. The number of imidazole rings is 1. The molecule has 0 unspecified atom stereocenters. The van der Waals surface area contributed by atoms with Gasteiger partial charge in [0.2, 0.25) is 10.0 Å². The molecule has 0 saturated carbocycles. The van der Waals surface area contributed by atoms with Gasteiger partial charge in [0.05, 0.1) is 15.9 Å². The van der Waals surface area contributed by atoms with Gasteiger partial charge >= 0.3 is 0 Å². The van der Waals surface area contributed by atoms with Gasteiger partial charge in [0.25, 0.3) is 0 Å². The third-order valence-corrected chi connectivity index (χ3v) is 6.43. The van der Waals surface area contributed by atoms with Crippen molar-refractivity contribution in [3.63, 3.8) is 0 Å². The van der Waals surface area contributed by atoms with Crippen molar-refractivity contribution < 1.29 is 8.42 Å². The summed E-state index contributed by atoms with van der Waals surface area (Å²) in [6, 6.07) is 22.0. The first-order chi connectivity index (χ1) is 13.9. The number of benzene rings is 3. The van der Waals surface area contributed by atoms with Crippen molar-refractivity contribution in [3.05, 3.63) is 94.8 Å². The topological polar surface area (TPSA) is 64.0 Å². The maximum absolute atomic E-state index is 12.6. The van der Waals surface area contributed by atoms with Gasteiger partial charge < -0.3 is 4.57 Å². The average molecular weight is 426 g/mol. The number of nitrogens with zero attached hydrogens (tertiary/aromatic N) is 2. The summed E-state index contributed by atoms with van der Waals surface area (Å²) in [5.74, 6) is 0.922. The fraction of sp³-hybridized carbons (Fsp3) is 0.136. The Kier molecular flexibility index (Phi) is 5.41. The van der Waals surface area contributed by atoms with Crippen molar-refractivity contribution in [1.82, 2.24) is 14.3 Å². The van der Waals surface area contributed by atoms with Crippen LogP contribution < -0.4 is 4.72 Å². The van der Waals surface area contributed by atoms with Crippen LogP contribution in [0.4, 0.5) is 0 Å². The smallest absolute Gasteiger partial charge is 0.240 e. The van der Waals surface area contributed by atoms with E-state index in [1.165, 1.54) is 0 Å². The summed E-state index contributed by atoms with van der Waals surface area (Å²) in [5.41, 5.74) is 3.82. The SMILES string of the molecule is Cc1nc2ccccc2n1Cc1ccc(S(=O)(=O)NCc2cccc(Cl)c2)cc1. The number of fused-ring (bicyclic) bond motifs is 1. The lowest BCUT2D eigenvalue weighted by atomic mass is 10.2. The highest BCUT2D eigenvalue weighted by molar-refractivity contribution is 7.89. The Morgan fingerprint density at radius 3 is 2.48 bits per heavy atom. The minimum atomic E-state index is -3.61.